The highest BCUT2D eigenvalue weighted by molar-refractivity contribution is 7.88. The largest absolute Gasteiger partial charge is 0.491 e. The summed E-state index contributed by atoms with van der Waals surface area (Å²) in [7, 11) is -3.54. The van der Waals surface area contributed by atoms with Crippen LogP contribution in [0, 0.1) is 10.1 Å². The molecular formula is C19H24N2O5S. The molecule has 0 saturated carbocycles. The lowest BCUT2D eigenvalue weighted by Gasteiger charge is -2.10. The van der Waals surface area contributed by atoms with Gasteiger partial charge in [0.15, 0.2) is 0 Å². The van der Waals surface area contributed by atoms with Gasteiger partial charge in [0.2, 0.25) is 10.0 Å². The number of nitro benzene ring substituents is 1. The molecule has 0 spiro atoms. The van der Waals surface area contributed by atoms with Crippen LogP contribution >= 0.6 is 0 Å². The van der Waals surface area contributed by atoms with Gasteiger partial charge in [-0.15, -0.1) is 0 Å². The molecule has 0 fully saturated rings. The van der Waals surface area contributed by atoms with Gasteiger partial charge in [-0.05, 0) is 49.9 Å². The Morgan fingerprint density at radius 1 is 1.11 bits per heavy atom. The Morgan fingerprint density at radius 2 is 1.81 bits per heavy atom. The number of ether oxygens (including phenoxy) is 1. The molecule has 2 aromatic rings. The predicted octanol–water partition coefficient (Wildman–Crippen LogP) is 3.43. The summed E-state index contributed by atoms with van der Waals surface area (Å²) >= 11 is 0. The molecule has 2 aromatic carbocycles. The van der Waals surface area contributed by atoms with Crippen molar-refractivity contribution in [2.24, 2.45) is 0 Å². The molecule has 0 aliphatic carbocycles. The van der Waals surface area contributed by atoms with Crippen molar-refractivity contribution in [3.05, 3.63) is 69.8 Å². The van der Waals surface area contributed by atoms with Crippen LogP contribution in [0.2, 0.25) is 0 Å². The van der Waals surface area contributed by atoms with E-state index in [2.05, 4.69) is 4.72 Å². The number of non-ortho nitro benzene ring substituents is 1. The Bertz CT molecular complexity index is 864. The standard InChI is InChI=1S/C19H24N2O5S/c1-15(2)26-19-10-8-16(9-11-19)6-4-12-20-27(24,25)14-17-5-3-7-18(13-17)21(22)23/h3,5,7-11,13,15,20H,4,6,12,14H2,1-2H3. The molecule has 2 rings (SSSR count). The van der Waals surface area contributed by atoms with Crippen molar-refractivity contribution in [2.45, 2.75) is 38.5 Å². The zero-order valence-electron chi connectivity index (χ0n) is 15.4. The number of hydrogen-bond acceptors (Lipinski definition) is 5. The molecule has 146 valence electrons. The van der Waals surface area contributed by atoms with Gasteiger partial charge in [-0.3, -0.25) is 10.1 Å². The van der Waals surface area contributed by atoms with E-state index in [1.54, 1.807) is 6.07 Å². The summed E-state index contributed by atoms with van der Waals surface area (Å²) in [6, 6.07) is 13.4. The smallest absolute Gasteiger partial charge is 0.269 e. The van der Waals surface area contributed by atoms with Gasteiger partial charge in [0.1, 0.15) is 5.75 Å². The third kappa shape index (κ3) is 7.36. The molecule has 0 heterocycles. The fourth-order valence-electron chi connectivity index (χ4n) is 2.56. The highest BCUT2D eigenvalue weighted by atomic mass is 32.2. The summed E-state index contributed by atoms with van der Waals surface area (Å²) in [5, 5.41) is 10.8. The van der Waals surface area contributed by atoms with E-state index in [4.69, 9.17) is 4.74 Å². The first kappa shape index (κ1) is 20.9. The molecule has 0 aromatic heterocycles. The lowest BCUT2D eigenvalue weighted by molar-refractivity contribution is -0.384. The van der Waals surface area contributed by atoms with E-state index < -0.39 is 14.9 Å². The van der Waals surface area contributed by atoms with Crippen LogP contribution in [0.5, 0.6) is 5.75 Å². The molecule has 8 heteroatoms. The molecule has 0 atom stereocenters. The van der Waals surface area contributed by atoms with Gasteiger partial charge in [-0.2, -0.15) is 0 Å². The first-order valence-electron chi connectivity index (χ1n) is 8.71. The van der Waals surface area contributed by atoms with E-state index in [9.17, 15) is 18.5 Å². The molecule has 0 unspecified atom stereocenters. The number of benzene rings is 2. The summed E-state index contributed by atoms with van der Waals surface area (Å²) in [6.07, 6.45) is 1.51. The molecule has 0 aliphatic heterocycles. The van der Waals surface area contributed by atoms with E-state index in [1.165, 1.54) is 18.2 Å². The van der Waals surface area contributed by atoms with Crippen molar-refractivity contribution in [2.75, 3.05) is 6.54 Å². The summed E-state index contributed by atoms with van der Waals surface area (Å²) in [5.41, 5.74) is 1.37. The molecule has 1 N–H and O–H groups in total. The zero-order chi connectivity index (χ0) is 19.9. The van der Waals surface area contributed by atoms with Crippen LogP contribution in [-0.2, 0) is 22.2 Å². The number of rotatable bonds is 10. The van der Waals surface area contributed by atoms with Gasteiger partial charge in [0.05, 0.1) is 16.8 Å². The van der Waals surface area contributed by atoms with Gasteiger partial charge in [0, 0.05) is 18.7 Å². The average Bonchev–Trinajstić information content (AvgIpc) is 2.59. The van der Waals surface area contributed by atoms with Crippen molar-refractivity contribution >= 4 is 15.7 Å². The maximum atomic E-state index is 12.1. The number of nitrogens with zero attached hydrogens (tertiary/aromatic N) is 1. The Balaban J connectivity index is 1.80. The van der Waals surface area contributed by atoms with Crippen LogP contribution in [0.1, 0.15) is 31.4 Å². The normalized spacial score (nSPS) is 11.5. The molecule has 7 nitrogen and oxygen atoms in total. The molecule has 0 aliphatic rings. The Kier molecular flexibility index (Phi) is 7.32. The first-order valence-corrected chi connectivity index (χ1v) is 10.4. The van der Waals surface area contributed by atoms with Crippen LogP contribution in [0.3, 0.4) is 0 Å². The second-order valence-electron chi connectivity index (χ2n) is 6.49. The summed E-state index contributed by atoms with van der Waals surface area (Å²) in [4.78, 5) is 10.2. The van der Waals surface area contributed by atoms with Crippen molar-refractivity contribution in [1.29, 1.82) is 0 Å². The Labute approximate surface area is 159 Å². The average molecular weight is 392 g/mol. The number of nitrogens with one attached hydrogen (secondary N) is 1. The van der Waals surface area contributed by atoms with Gasteiger partial charge in [0.25, 0.3) is 5.69 Å². The van der Waals surface area contributed by atoms with Crippen molar-refractivity contribution in [3.8, 4) is 5.75 Å². The lowest BCUT2D eigenvalue weighted by atomic mass is 10.1. The first-order chi connectivity index (χ1) is 12.7. The van der Waals surface area contributed by atoms with E-state index in [1.807, 2.05) is 38.1 Å². The summed E-state index contributed by atoms with van der Waals surface area (Å²) in [6.45, 7) is 4.24. The Morgan fingerprint density at radius 3 is 2.44 bits per heavy atom. The third-order valence-corrected chi connectivity index (χ3v) is 5.09. The molecule has 0 bridgehead atoms. The second kappa shape index (κ2) is 9.48. The number of nitro groups is 1. The van der Waals surface area contributed by atoms with Crippen molar-refractivity contribution < 1.29 is 18.1 Å². The minimum Gasteiger partial charge on any atom is -0.491 e. The fourth-order valence-corrected chi connectivity index (χ4v) is 3.73. The minimum atomic E-state index is -3.54. The molecule has 0 radical (unpaired) electrons. The highest BCUT2D eigenvalue weighted by Crippen LogP contribution is 2.16. The Hall–Kier alpha value is -2.45. The maximum Gasteiger partial charge on any atom is 0.269 e. The topological polar surface area (TPSA) is 98.5 Å². The molecule has 27 heavy (non-hydrogen) atoms. The van der Waals surface area contributed by atoms with Crippen molar-refractivity contribution in [3.63, 3.8) is 0 Å². The summed E-state index contributed by atoms with van der Waals surface area (Å²) in [5.74, 6) is 0.530. The van der Waals surface area contributed by atoms with Crippen LogP contribution in [0.4, 0.5) is 5.69 Å². The molecule has 0 amide bonds. The van der Waals surface area contributed by atoms with Crippen LogP contribution in [0.15, 0.2) is 48.5 Å². The highest BCUT2D eigenvalue weighted by Gasteiger charge is 2.13. The van der Waals surface area contributed by atoms with E-state index in [0.29, 0.717) is 18.5 Å². The monoisotopic (exact) mass is 392 g/mol. The third-order valence-electron chi connectivity index (χ3n) is 3.74. The molecule has 0 saturated heterocycles. The predicted molar refractivity (Wildman–Crippen MR) is 104 cm³/mol. The van der Waals surface area contributed by atoms with Gasteiger partial charge >= 0.3 is 0 Å². The van der Waals surface area contributed by atoms with Crippen LogP contribution < -0.4 is 9.46 Å². The fraction of sp³-hybridized carbons (Fsp3) is 0.368. The van der Waals surface area contributed by atoms with Crippen LogP contribution in [-0.4, -0.2) is 26.0 Å². The maximum absolute atomic E-state index is 12.1. The van der Waals surface area contributed by atoms with Crippen LogP contribution in [0.25, 0.3) is 0 Å². The quantitative estimate of drug-likeness (QED) is 0.379. The number of aryl methyl sites for hydroxylation is 1. The van der Waals surface area contributed by atoms with Gasteiger partial charge < -0.3 is 4.74 Å². The van der Waals surface area contributed by atoms with E-state index in [0.717, 1.165) is 17.7 Å². The SMILES string of the molecule is CC(C)Oc1ccc(CCCNS(=O)(=O)Cc2cccc([N+](=O)[O-])c2)cc1. The lowest BCUT2D eigenvalue weighted by Crippen LogP contribution is -2.26. The van der Waals surface area contributed by atoms with Gasteiger partial charge in [-0.25, -0.2) is 13.1 Å². The van der Waals surface area contributed by atoms with Gasteiger partial charge in [-0.1, -0.05) is 24.3 Å². The van der Waals surface area contributed by atoms with E-state index >= 15 is 0 Å². The summed E-state index contributed by atoms with van der Waals surface area (Å²) < 4.78 is 32.4. The number of sulfonamides is 1. The number of hydrogen-bond donors (Lipinski definition) is 1. The minimum absolute atomic E-state index is 0.118. The molecular weight excluding hydrogens is 368 g/mol. The zero-order valence-corrected chi connectivity index (χ0v) is 16.2. The van der Waals surface area contributed by atoms with Crippen molar-refractivity contribution in [1.82, 2.24) is 4.72 Å². The van der Waals surface area contributed by atoms with E-state index in [-0.39, 0.29) is 17.5 Å². The second-order valence-corrected chi connectivity index (χ2v) is 8.30.